The van der Waals surface area contributed by atoms with Crippen LogP contribution in [0.5, 0.6) is 5.75 Å². The molecule has 0 amide bonds. The van der Waals surface area contributed by atoms with Gasteiger partial charge in [-0.1, -0.05) is 6.07 Å². The Morgan fingerprint density at radius 3 is 2.64 bits per heavy atom. The molecular formula is C11H16N2O. The molecule has 14 heavy (non-hydrogen) atoms. The van der Waals surface area contributed by atoms with Crippen LogP contribution in [0.15, 0.2) is 18.2 Å². The van der Waals surface area contributed by atoms with Crippen molar-refractivity contribution in [3.63, 3.8) is 0 Å². The van der Waals surface area contributed by atoms with Gasteiger partial charge >= 0.3 is 0 Å². The molecule has 1 fully saturated rings. The van der Waals surface area contributed by atoms with E-state index in [2.05, 4.69) is 0 Å². The van der Waals surface area contributed by atoms with Crippen molar-refractivity contribution in [3.05, 3.63) is 18.2 Å². The smallest absolute Gasteiger partial charge is 0.165 e. The molecule has 0 bridgehead atoms. The molecule has 1 saturated carbocycles. The molecule has 1 aromatic rings. The maximum atomic E-state index is 5.88. The van der Waals surface area contributed by atoms with Crippen LogP contribution in [0.4, 0.5) is 11.4 Å². The summed E-state index contributed by atoms with van der Waals surface area (Å²) in [4.78, 5) is 2.02. The largest absolute Gasteiger partial charge is 0.486 e. The highest BCUT2D eigenvalue weighted by Gasteiger charge is 2.25. The van der Waals surface area contributed by atoms with Crippen LogP contribution in [0.3, 0.4) is 0 Å². The molecule has 2 rings (SSSR count). The second-order valence-electron chi connectivity index (χ2n) is 3.91. The number of nitrogens with two attached hydrogens (primary N) is 1. The minimum Gasteiger partial charge on any atom is -0.486 e. The topological polar surface area (TPSA) is 38.5 Å². The highest BCUT2D eigenvalue weighted by Crippen LogP contribution is 2.37. The number of ether oxygens (including phenoxy) is 1. The van der Waals surface area contributed by atoms with Crippen molar-refractivity contribution >= 4 is 11.4 Å². The zero-order valence-electron chi connectivity index (χ0n) is 8.66. The van der Waals surface area contributed by atoms with Crippen LogP contribution in [0.25, 0.3) is 0 Å². The predicted molar refractivity (Wildman–Crippen MR) is 58.8 cm³/mol. The fourth-order valence-electron chi connectivity index (χ4n) is 1.38. The third-order valence-electron chi connectivity index (χ3n) is 2.32. The molecular weight excluding hydrogens is 176 g/mol. The fourth-order valence-corrected chi connectivity index (χ4v) is 1.38. The van der Waals surface area contributed by atoms with E-state index < -0.39 is 0 Å². The van der Waals surface area contributed by atoms with E-state index in [1.54, 1.807) is 0 Å². The van der Waals surface area contributed by atoms with Crippen molar-refractivity contribution in [1.82, 2.24) is 0 Å². The Morgan fingerprint density at radius 2 is 2.07 bits per heavy atom. The monoisotopic (exact) mass is 192 g/mol. The quantitative estimate of drug-likeness (QED) is 0.743. The van der Waals surface area contributed by atoms with Crippen molar-refractivity contribution in [3.8, 4) is 5.75 Å². The predicted octanol–water partition coefficient (Wildman–Crippen LogP) is 1.88. The number of nitrogen functional groups attached to an aromatic ring is 1. The molecule has 1 aliphatic rings. The molecule has 1 aromatic carbocycles. The van der Waals surface area contributed by atoms with Crippen molar-refractivity contribution in [2.75, 3.05) is 24.7 Å². The summed E-state index contributed by atoms with van der Waals surface area (Å²) >= 11 is 0. The average Bonchev–Trinajstić information content (AvgIpc) is 2.91. The third-order valence-corrected chi connectivity index (χ3v) is 2.32. The molecule has 76 valence electrons. The summed E-state index contributed by atoms with van der Waals surface area (Å²) in [6.07, 6.45) is 2.70. The van der Waals surface area contributed by atoms with Gasteiger partial charge in [-0.2, -0.15) is 0 Å². The number of hydrogen-bond donors (Lipinski definition) is 1. The first kappa shape index (κ1) is 9.19. The fraction of sp³-hybridized carbons (Fsp3) is 0.455. The Labute approximate surface area is 84.5 Å². The van der Waals surface area contributed by atoms with Gasteiger partial charge in [0.05, 0.1) is 17.5 Å². The van der Waals surface area contributed by atoms with Gasteiger partial charge in [0.1, 0.15) is 0 Å². The van der Waals surface area contributed by atoms with E-state index in [1.807, 2.05) is 37.2 Å². The van der Waals surface area contributed by atoms with Gasteiger partial charge in [0.15, 0.2) is 5.75 Å². The van der Waals surface area contributed by atoms with Gasteiger partial charge < -0.3 is 15.4 Å². The van der Waals surface area contributed by atoms with Crippen LogP contribution < -0.4 is 15.4 Å². The van der Waals surface area contributed by atoms with Crippen LogP contribution in [0.1, 0.15) is 12.8 Å². The van der Waals surface area contributed by atoms with E-state index in [0.717, 1.165) is 30.0 Å². The first-order chi connectivity index (χ1) is 6.68. The molecule has 3 heteroatoms. The number of para-hydroxylation sites is 1. The number of hydrogen-bond acceptors (Lipinski definition) is 3. The van der Waals surface area contributed by atoms with Crippen molar-refractivity contribution < 1.29 is 4.74 Å². The molecule has 0 aromatic heterocycles. The van der Waals surface area contributed by atoms with Crippen LogP contribution in [-0.4, -0.2) is 20.2 Å². The van der Waals surface area contributed by atoms with Crippen LogP contribution in [0.2, 0.25) is 0 Å². The molecule has 1 aliphatic carbocycles. The maximum absolute atomic E-state index is 5.88. The second kappa shape index (κ2) is 3.40. The number of nitrogens with zero attached hydrogens (tertiary/aromatic N) is 1. The summed E-state index contributed by atoms with van der Waals surface area (Å²) in [7, 11) is 3.99. The molecule has 2 N–H and O–H groups in total. The van der Waals surface area contributed by atoms with E-state index in [-0.39, 0.29) is 0 Å². The number of anilines is 2. The van der Waals surface area contributed by atoms with Crippen LogP contribution in [0, 0.1) is 0 Å². The Kier molecular flexibility index (Phi) is 2.23. The summed E-state index contributed by atoms with van der Waals surface area (Å²) < 4.78 is 5.78. The van der Waals surface area contributed by atoms with Gasteiger partial charge in [0, 0.05) is 14.1 Å². The third kappa shape index (κ3) is 1.76. The Morgan fingerprint density at radius 1 is 1.36 bits per heavy atom. The summed E-state index contributed by atoms with van der Waals surface area (Å²) in [6.45, 7) is 0. The van der Waals surface area contributed by atoms with Crippen molar-refractivity contribution in [1.29, 1.82) is 0 Å². The SMILES string of the molecule is CN(C)c1cccc(N)c1OC1CC1. The highest BCUT2D eigenvalue weighted by molar-refractivity contribution is 5.69. The molecule has 0 saturated heterocycles. The molecule has 0 atom stereocenters. The first-order valence-electron chi connectivity index (χ1n) is 4.91. The van der Waals surface area contributed by atoms with E-state index in [4.69, 9.17) is 10.5 Å². The van der Waals surface area contributed by atoms with Gasteiger partial charge in [-0.05, 0) is 25.0 Å². The Balaban J connectivity index is 2.31. The molecule has 0 spiro atoms. The van der Waals surface area contributed by atoms with E-state index in [9.17, 15) is 0 Å². The van der Waals surface area contributed by atoms with Gasteiger partial charge in [-0.25, -0.2) is 0 Å². The van der Waals surface area contributed by atoms with E-state index in [0.29, 0.717) is 6.10 Å². The Bertz CT molecular complexity index is 332. The van der Waals surface area contributed by atoms with Crippen LogP contribution >= 0.6 is 0 Å². The van der Waals surface area contributed by atoms with Gasteiger partial charge in [0.25, 0.3) is 0 Å². The lowest BCUT2D eigenvalue weighted by Crippen LogP contribution is -2.12. The molecule has 0 aliphatic heterocycles. The zero-order valence-corrected chi connectivity index (χ0v) is 8.66. The van der Waals surface area contributed by atoms with Gasteiger partial charge in [-0.3, -0.25) is 0 Å². The Hall–Kier alpha value is -1.38. The van der Waals surface area contributed by atoms with Crippen molar-refractivity contribution in [2.45, 2.75) is 18.9 Å². The molecule has 3 nitrogen and oxygen atoms in total. The van der Waals surface area contributed by atoms with Crippen LogP contribution in [-0.2, 0) is 0 Å². The minimum atomic E-state index is 0.387. The lowest BCUT2D eigenvalue weighted by atomic mass is 10.2. The summed E-state index contributed by atoms with van der Waals surface area (Å²) in [5.74, 6) is 0.833. The van der Waals surface area contributed by atoms with Gasteiger partial charge in [0.2, 0.25) is 0 Å². The first-order valence-corrected chi connectivity index (χ1v) is 4.91. The second-order valence-corrected chi connectivity index (χ2v) is 3.91. The maximum Gasteiger partial charge on any atom is 0.165 e. The number of rotatable bonds is 3. The summed E-state index contributed by atoms with van der Waals surface area (Å²) in [5, 5.41) is 0. The lowest BCUT2D eigenvalue weighted by molar-refractivity contribution is 0.305. The molecule has 0 radical (unpaired) electrons. The highest BCUT2D eigenvalue weighted by atomic mass is 16.5. The van der Waals surface area contributed by atoms with E-state index in [1.165, 1.54) is 0 Å². The normalized spacial score (nSPS) is 15.3. The average molecular weight is 192 g/mol. The standard InChI is InChI=1S/C11H16N2O/c1-13(2)10-5-3-4-9(12)11(10)14-8-6-7-8/h3-5,8H,6-7,12H2,1-2H3. The molecule has 0 heterocycles. The number of benzene rings is 1. The summed E-state index contributed by atoms with van der Waals surface area (Å²) in [5.41, 5.74) is 7.66. The lowest BCUT2D eigenvalue weighted by Gasteiger charge is -2.19. The van der Waals surface area contributed by atoms with Crippen molar-refractivity contribution in [2.24, 2.45) is 0 Å². The zero-order chi connectivity index (χ0) is 10.1. The minimum absolute atomic E-state index is 0.387. The van der Waals surface area contributed by atoms with Gasteiger partial charge in [-0.15, -0.1) is 0 Å². The van der Waals surface area contributed by atoms with E-state index >= 15 is 0 Å². The summed E-state index contributed by atoms with van der Waals surface area (Å²) in [6, 6.07) is 5.85. The molecule has 0 unspecified atom stereocenters.